The molecule has 0 spiro atoms. The Morgan fingerprint density at radius 3 is 2.83 bits per heavy atom. The van der Waals surface area contributed by atoms with Crippen LogP contribution >= 0.6 is 0 Å². The summed E-state index contributed by atoms with van der Waals surface area (Å²) in [6, 6.07) is 13.9. The highest BCUT2D eigenvalue weighted by molar-refractivity contribution is 5.79. The highest BCUT2D eigenvalue weighted by Gasteiger charge is 2.05. The van der Waals surface area contributed by atoms with Crippen molar-refractivity contribution < 1.29 is 9.23 Å². The summed E-state index contributed by atoms with van der Waals surface area (Å²) in [5.74, 6) is -0.342. The Labute approximate surface area is 132 Å². The lowest BCUT2D eigenvalue weighted by Crippen LogP contribution is -2.17. The summed E-state index contributed by atoms with van der Waals surface area (Å²) in [5, 5.41) is 3.75. The number of fused-ring (bicyclic) bond motifs is 1. The molecule has 0 saturated carbocycles. The van der Waals surface area contributed by atoms with Crippen molar-refractivity contribution >= 4 is 17.2 Å². The molecule has 5 nitrogen and oxygen atoms in total. The van der Waals surface area contributed by atoms with Crippen LogP contribution in [0.5, 0.6) is 0 Å². The van der Waals surface area contributed by atoms with Gasteiger partial charge >= 0.3 is 5.69 Å². The van der Waals surface area contributed by atoms with Gasteiger partial charge in [-0.1, -0.05) is 35.5 Å². The Balaban J connectivity index is 1.53. The van der Waals surface area contributed by atoms with Crippen molar-refractivity contribution in [1.82, 2.24) is 9.55 Å². The molecule has 118 valence electrons. The molecule has 0 amide bonds. The smallest absolute Gasteiger partial charge is 0.326 e. The van der Waals surface area contributed by atoms with Crippen LogP contribution in [0, 0.1) is 5.82 Å². The standard InChI is InChI=1S/C17H16FN3O2/c18-14-7-2-1-6-13(14)12-19-23-11-5-10-21-16-9-4-3-8-15(16)20-17(21)22/h1-4,6-9,12H,5,10-11H2,(H,20,22)/b19-12-. The number of aromatic amines is 1. The normalized spacial score (nSPS) is 11.3. The number of hydrogen-bond donors (Lipinski definition) is 1. The summed E-state index contributed by atoms with van der Waals surface area (Å²) in [7, 11) is 0. The molecule has 23 heavy (non-hydrogen) atoms. The highest BCUT2D eigenvalue weighted by Crippen LogP contribution is 2.09. The van der Waals surface area contributed by atoms with Gasteiger partial charge in [0.2, 0.25) is 0 Å². The van der Waals surface area contributed by atoms with E-state index in [0.29, 0.717) is 25.1 Å². The number of aryl methyl sites for hydroxylation is 1. The lowest BCUT2D eigenvalue weighted by atomic mass is 10.2. The van der Waals surface area contributed by atoms with Gasteiger partial charge in [0.25, 0.3) is 0 Å². The Morgan fingerprint density at radius 1 is 1.17 bits per heavy atom. The van der Waals surface area contributed by atoms with E-state index < -0.39 is 0 Å². The number of benzene rings is 2. The first-order valence-corrected chi connectivity index (χ1v) is 7.33. The van der Waals surface area contributed by atoms with Crippen LogP contribution in [-0.4, -0.2) is 22.4 Å². The number of aromatic nitrogens is 2. The molecule has 0 aliphatic rings. The molecular weight excluding hydrogens is 297 g/mol. The minimum atomic E-state index is -0.342. The van der Waals surface area contributed by atoms with Crippen LogP contribution in [-0.2, 0) is 11.4 Å². The van der Waals surface area contributed by atoms with Crippen LogP contribution in [0.15, 0.2) is 58.5 Å². The second-order valence-corrected chi connectivity index (χ2v) is 5.04. The monoisotopic (exact) mass is 313 g/mol. The summed E-state index contributed by atoms with van der Waals surface area (Å²) in [6.45, 7) is 0.870. The minimum absolute atomic E-state index is 0.138. The fourth-order valence-corrected chi connectivity index (χ4v) is 2.34. The number of rotatable bonds is 6. The molecule has 1 N–H and O–H groups in total. The third-order valence-corrected chi connectivity index (χ3v) is 3.47. The fraction of sp³-hybridized carbons (Fsp3) is 0.176. The second-order valence-electron chi connectivity index (χ2n) is 5.04. The zero-order valence-electron chi connectivity index (χ0n) is 12.4. The molecule has 0 unspecified atom stereocenters. The van der Waals surface area contributed by atoms with Gasteiger partial charge in [-0.2, -0.15) is 0 Å². The molecule has 0 atom stereocenters. The molecule has 3 aromatic rings. The van der Waals surface area contributed by atoms with Gasteiger partial charge in [0, 0.05) is 18.5 Å². The Hall–Kier alpha value is -2.89. The summed E-state index contributed by atoms with van der Waals surface area (Å²) in [5.41, 5.74) is 1.92. The van der Waals surface area contributed by atoms with E-state index in [1.165, 1.54) is 12.3 Å². The van der Waals surface area contributed by atoms with E-state index in [4.69, 9.17) is 4.84 Å². The van der Waals surface area contributed by atoms with Crippen molar-refractivity contribution in [2.75, 3.05) is 6.61 Å². The largest absolute Gasteiger partial charge is 0.396 e. The van der Waals surface area contributed by atoms with Crippen molar-refractivity contribution in [3.63, 3.8) is 0 Å². The zero-order valence-corrected chi connectivity index (χ0v) is 12.4. The molecule has 0 bridgehead atoms. The molecule has 0 aliphatic heterocycles. The molecule has 6 heteroatoms. The van der Waals surface area contributed by atoms with Crippen LogP contribution in [0.3, 0.4) is 0 Å². The summed E-state index contributed by atoms with van der Waals surface area (Å²) < 4.78 is 15.0. The molecule has 1 heterocycles. The summed E-state index contributed by atoms with van der Waals surface area (Å²) in [6.07, 6.45) is 1.96. The predicted octanol–water partition coefficient (Wildman–Crippen LogP) is 2.91. The third-order valence-electron chi connectivity index (χ3n) is 3.47. The second kappa shape index (κ2) is 6.91. The Morgan fingerprint density at radius 2 is 1.96 bits per heavy atom. The van der Waals surface area contributed by atoms with Crippen molar-refractivity contribution in [3.05, 3.63) is 70.4 Å². The van der Waals surface area contributed by atoms with E-state index in [1.54, 1.807) is 22.8 Å². The molecule has 3 rings (SSSR count). The molecule has 2 aromatic carbocycles. The van der Waals surface area contributed by atoms with E-state index in [2.05, 4.69) is 10.1 Å². The van der Waals surface area contributed by atoms with Gasteiger partial charge in [-0.3, -0.25) is 4.57 Å². The predicted molar refractivity (Wildman–Crippen MR) is 87.1 cm³/mol. The lowest BCUT2D eigenvalue weighted by Gasteiger charge is -2.02. The zero-order chi connectivity index (χ0) is 16.1. The van der Waals surface area contributed by atoms with Gasteiger partial charge in [0.1, 0.15) is 12.4 Å². The summed E-state index contributed by atoms with van der Waals surface area (Å²) >= 11 is 0. The third kappa shape index (κ3) is 3.48. The first kappa shape index (κ1) is 15.0. The summed E-state index contributed by atoms with van der Waals surface area (Å²) in [4.78, 5) is 19.8. The lowest BCUT2D eigenvalue weighted by molar-refractivity contribution is 0.140. The van der Waals surface area contributed by atoms with Crippen LogP contribution in [0.2, 0.25) is 0 Å². The minimum Gasteiger partial charge on any atom is -0.396 e. The first-order valence-electron chi connectivity index (χ1n) is 7.33. The van der Waals surface area contributed by atoms with Gasteiger partial charge < -0.3 is 9.82 Å². The topological polar surface area (TPSA) is 59.4 Å². The molecule has 0 radical (unpaired) electrons. The molecule has 0 aliphatic carbocycles. The number of H-pyrrole nitrogens is 1. The number of nitrogens with one attached hydrogen (secondary N) is 1. The fourth-order valence-electron chi connectivity index (χ4n) is 2.34. The van der Waals surface area contributed by atoms with E-state index >= 15 is 0 Å². The van der Waals surface area contributed by atoms with Crippen LogP contribution < -0.4 is 5.69 Å². The number of halogens is 1. The van der Waals surface area contributed by atoms with Crippen molar-refractivity contribution in [3.8, 4) is 0 Å². The van der Waals surface area contributed by atoms with Crippen molar-refractivity contribution in [1.29, 1.82) is 0 Å². The maximum absolute atomic E-state index is 13.4. The van der Waals surface area contributed by atoms with Gasteiger partial charge in [0.05, 0.1) is 17.2 Å². The maximum atomic E-state index is 13.4. The molecule has 0 saturated heterocycles. The van der Waals surface area contributed by atoms with Gasteiger partial charge in [-0.05, 0) is 18.2 Å². The number of hydrogen-bond acceptors (Lipinski definition) is 3. The van der Waals surface area contributed by atoms with E-state index in [0.717, 1.165) is 11.0 Å². The van der Waals surface area contributed by atoms with E-state index in [1.807, 2.05) is 24.3 Å². The Bertz CT molecular complexity index is 883. The molecule has 1 aromatic heterocycles. The van der Waals surface area contributed by atoms with E-state index in [9.17, 15) is 9.18 Å². The van der Waals surface area contributed by atoms with Gasteiger partial charge in [-0.15, -0.1) is 0 Å². The van der Waals surface area contributed by atoms with Crippen molar-refractivity contribution in [2.24, 2.45) is 5.16 Å². The van der Waals surface area contributed by atoms with Crippen molar-refractivity contribution in [2.45, 2.75) is 13.0 Å². The molecular formula is C17H16FN3O2. The first-order chi connectivity index (χ1) is 11.3. The quantitative estimate of drug-likeness (QED) is 0.432. The maximum Gasteiger partial charge on any atom is 0.326 e. The number of imidazole rings is 1. The van der Waals surface area contributed by atoms with Gasteiger partial charge in [-0.25, -0.2) is 9.18 Å². The average molecular weight is 313 g/mol. The Kier molecular flexibility index (Phi) is 4.52. The van der Waals surface area contributed by atoms with E-state index in [-0.39, 0.29) is 11.5 Å². The number of oxime groups is 1. The van der Waals surface area contributed by atoms with Gasteiger partial charge in [0.15, 0.2) is 0 Å². The van der Waals surface area contributed by atoms with Crippen LogP contribution in [0.4, 0.5) is 4.39 Å². The molecule has 0 fully saturated rings. The highest BCUT2D eigenvalue weighted by atomic mass is 19.1. The number of nitrogens with zero attached hydrogens (tertiary/aromatic N) is 2. The van der Waals surface area contributed by atoms with Crippen LogP contribution in [0.25, 0.3) is 11.0 Å². The van der Waals surface area contributed by atoms with Crippen LogP contribution in [0.1, 0.15) is 12.0 Å². The SMILES string of the molecule is O=c1[nH]c2ccccc2n1CCCO/N=C\c1ccccc1F. The average Bonchev–Trinajstić information content (AvgIpc) is 2.88. The number of para-hydroxylation sites is 2.